The second-order valence-corrected chi connectivity index (χ2v) is 13.7. The summed E-state index contributed by atoms with van der Waals surface area (Å²) >= 11 is 0. The van der Waals surface area contributed by atoms with Gasteiger partial charge >= 0.3 is 0 Å². The van der Waals surface area contributed by atoms with Crippen LogP contribution in [0.3, 0.4) is 0 Å². The highest BCUT2D eigenvalue weighted by Gasteiger charge is 2.18. The average Bonchev–Trinajstić information content (AvgIpc) is 3.23. The predicted molar refractivity (Wildman–Crippen MR) is 227 cm³/mol. The smallest absolute Gasteiger partial charge is 0.0540 e. The van der Waals surface area contributed by atoms with Gasteiger partial charge in [-0.25, -0.2) is 0 Å². The molecule has 0 heterocycles. The van der Waals surface area contributed by atoms with E-state index in [1.54, 1.807) is 0 Å². The maximum atomic E-state index is 2.39. The van der Waals surface area contributed by atoms with E-state index in [1.165, 1.54) is 76.5 Å². The Kier molecular flexibility index (Phi) is 7.55. The molecule has 1 nitrogen and oxygen atoms in total. The Morgan fingerprint density at radius 1 is 0.264 bits per heavy atom. The van der Waals surface area contributed by atoms with Crippen molar-refractivity contribution in [1.82, 2.24) is 0 Å². The van der Waals surface area contributed by atoms with Crippen LogP contribution in [0.25, 0.3) is 76.5 Å². The highest BCUT2D eigenvalue weighted by atomic mass is 15.1. The molecule has 0 atom stereocenters. The molecule has 0 aliphatic rings. The van der Waals surface area contributed by atoms with Crippen molar-refractivity contribution < 1.29 is 0 Å². The fourth-order valence-electron chi connectivity index (χ4n) is 8.15. The standard InChI is InChI=1S/C52H35N/c1-2-19-42(20-3-1)53(51-34-33-45(47-22-8-9-23-49(47)51)41-28-27-36-13-4-5-15-40(36)35-41)43-31-29-38(30-32-43)46-24-11-17-39-18-12-26-50(52(39)46)48-25-10-16-37-14-6-7-21-44(37)48/h1-35H. The Bertz CT molecular complexity index is 2930. The second-order valence-electron chi connectivity index (χ2n) is 13.7. The molecular weight excluding hydrogens is 639 g/mol. The summed E-state index contributed by atoms with van der Waals surface area (Å²) in [5.41, 5.74) is 10.8. The molecule has 0 N–H and O–H groups in total. The van der Waals surface area contributed by atoms with E-state index in [2.05, 4.69) is 217 Å². The van der Waals surface area contributed by atoms with Crippen LogP contribution in [0, 0.1) is 0 Å². The van der Waals surface area contributed by atoms with Crippen LogP contribution in [0.1, 0.15) is 0 Å². The number of hydrogen-bond donors (Lipinski definition) is 0. The minimum atomic E-state index is 1.11. The van der Waals surface area contributed by atoms with Crippen molar-refractivity contribution in [2.24, 2.45) is 0 Å². The molecule has 0 saturated carbocycles. The normalized spacial score (nSPS) is 11.4. The largest absolute Gasteiger partial charge is 0.310 e. The summed E-state index contributed by atoms with van der Waals surface area (Å²) in [5, 5.41) is 9.97. The van der Waals surface area contributed by atoms with Gasteiger partial charge < -0.3 is 4.90 Å². The lowest BCUT2D eigenvalue weighted by Gasteiger charge is -2.27. The number of nitrogens with zero attached hydrogens (tertiary/aromatic N) is 1. The zero-order valence-corrected chi connectivity index (χ0v) is 29.2. The maximum Gasteiger partial charge on any atom is 0.0540 e. The molecule has 0 aromatic heterocycles. The van der Waals surface area contributed by atoms with Crippen molar-refractivity contribution in [1.29, 1.82) is 0 Å². The molecule has 248 valence electrons. The van der Waals surface area contributed by atoms with Crippen molar-refractivity contribution in [2.75, 3.05) is 4.90 Å². The molecule has 10 aromatic rings. The van der Waals surface area contributed by atoms with Gasteiger partial charge in [0.1, 0.15) is 0 Å². The van der Waals surface area contributed by atoms with E-state index in [-0.39, 0.29) is 0 Å². The van der Waals surface area contributed by atoms with Crippen LogP contribution < -0.4 is 4.90 Å². The lowest BCUT2D eigenvalue weighted by Crippen LogP contribution is -2.10. The zero-order chi connectivity index (χ0) is 35.1. The van der Waals surface area contributed by atoms with Crippen molar-refractivity contribution in [2.45, 2.75) is 0 Å². The van der Waals surface area contributed by atoms with E-state index in [9.17, 15) is 0 Å². The van der Waals surface area contributed by atoms with E-state index >= 15 is 0 Å². The van der Waals surface area contributed by atoms with Crippen molar-refractivity contribution in [3.05, 3.63) is 212 Å². The molecule has 0 amide bonds. The third-order valence-electron chi connectivity index (χ3n) is 10.6. The highest BCUT2D eigenvalue weighted by molar-refractivity contribution is 6.11. The monoisotopic (exact) mass is 673 g/mol. The van der Waals surface area contributed by atoms with Gasteiger partial charge in [0.2, 0.25) is 0 Å². The first-order valence-electron chi connectivity index (χ1n) is 18.3. The van der Waals surface area contributed by atoms with Crippen LogP contribution >= 0.6 is 0 Å². The van der Waals surface area contributed by atoms with Crippen LogP contribution in [0.5, 0.6) is 0 Å². The number of hydrogen-bond acceptors (Lipinski definition) is 1. The quantitative estimate of drug-likeness (QED) is 0.170. The summed E-state index contributed by atoms with van der Waals surface area (Å²) in [6.07, 6.45) is 0. The van der Waals surface area contributed by atoms with Crippen LogP contribution in [-0.2, 0) is 0 Å². The number of fused-ring (bicyclic) bond motifs is 4. The van der Waals surface area contributed by atoms with Gasteiger partial charge in [0.05, 0.1) is 5.69 Å². The van der Waals surface area contributed by atoms with E-state index in [1.807, 2.05) is 0 Å². The minimum Gasteiger partial charge on any atom is -0.310 e. The summed E-state index contributed by atoms with van der Waals surface area (Å²) in [5.74, 6) is 0. The molecule has 0 spiro atoms. The zero-order valence-electron chi connectivity index (χ0n) is 29.2. The van der Waals surface area contributed by atoms with Gasteiger partial charge in [0.25, 0.3) is 0 Å². The van der Waals surface area contributed by atoms with Gasteiger partial charge in [-0.1, -0.05) is 176 Å². The first-order chi connectivity index (χ1) is 26.3. The number of para-hydroxylation sites is 1. The maximum absolute atomic E-state index is 2.39. The van der Waals surface area contributed by atoms with Crippen molar-refractivity contribution >= 4 is 60.2 Å². The Morgan fingerprint density at radius 2 is 0.830 bits per heavy atom. The molecule has 0 radical (unpaired) electrons. The fraction of sp³-hybridized carbons (Fsp3) is 0. The third kappa shape index (κ3) is 5.42. The molecule has 0 unspecified atom stereocenters. The summed E-state index contributed by atoms with van der Waals surface area (Å²) < 4.78 is 0. The summed E-state index contributed by atoms with van der Waals surface area (Å²) in [6.45, 7) is 0. The second kappa shape index (κ2) is 13.0. The molecule has 1 heteroatoms. The number of anilines is 3. The molecule has 10 rings (SSSR count). The third-order valence-corrected chi connectivity index (χ3v) is 10.6. The molecular formula is C52H35N. The van der Waals surface area contributed by atoms with Crippen LogP contribution in [-0.4, -0.2) is 0 Å². The van der Waals surface area contributed by atoms with Crippen LogP contribution in [0.4, 0.5) is 17.1 Å². The predicted octanol–water partition coefficient (Wildman–Crippen LogP) is 14.8. The van der Waals surface area contributed by atoms with Gasteiger partial charge in [-0.15, -0.1) is 0 Å². The highest BCUT2D eigenvalue weighted by Crippen LogP contribution is 2.44. The fourth-order valence-corrected chi connectivity index (χ4v) is 8.15. The Morgan fingerprint density at radius 3 is 1.62 bits per heavy atom. The van der Waals surface area contributed by atoms with Crippen molar-refractivity contribution in [3.63, 3.8) is 0 Å². The lowest BCUT2D eigenvalue weighted by molar-refractivity contribution is 1.30. The summed E-state index contributed by atoms with van der Waals surface area (Å²) in [6, 6.07) is 77.2. The van der Waals surface area contributed by atoms with Gasteiger partial charge in [-0.05, 0) is 107 Å². The number of rotatable bonds is 6. The Hall–Kier alpha value is -6.96. The molecule has 0 fully saturated rings. The van der Waals surface area contributed by atoms with Gasteiger partial charge in [-0.2, -0.15) is 0 Å². The van der Waals surface area contributed by atoms with E-state index in [0.717, 1.165) is 17.1 Å². The van der Waals surface area contributed by atoms with Gasteiger partial charge in [0, 0.05) is 16.8 Å². The van der Waals surface area contributed by atoms with E-state index < -0.39 is 0 Å². The summed E-state index contributed by atoms with van der Waals surface area (Å²) in [7, 11) is 0. The molecule has 0 aliphatic heterocycles. The molecule has 0 bridgehead atoms. The first kappa shape index (κ1) is 30.8. The Labute approximate surface area is 309 Å². The lowest BCUT2D eigenvalue weighted by atomic mass is 9.89. The Balaban J connectivity index is 1.11. The van der Waals surface area contributed by atoms with Crippen LogP contribution in [0.15, 0.2) is 212 Å². The minimum absolute atomic E-state index is 1.11. The molecule has 53 heavy (non-hydrogen) atoms. The van der Waals surface area contributed by atoms with Gasteiger partial charge in [0.15, 0.2) is 0 Å². The van der Waals surface area contributed by atoms with Crippen molar-refractivity contribution in [3.8, 4) is 33.4 Å². The number of benzene rings is 10. The molecule has 10 aromatic carbocycles. The molecule has 0 aliphatic carbocycles. The first-order valence-corrected chi connectivity index (χ1v) is 18.3. The van der Waals surface area contributed by atoms with Crippen LogP contribution in [0.2, 0.25) is 0 Å². The van der Waals surface area contributed by atoms with E-state index in [0.29, 0.717) is 0 Å². The topological polar surface area (TPSA) is 3.24 Å². The molecule has 0 saturated heterocycles. The van der Waals surface area contributed by atoms with E-state index in [4.69, 9.17) is 0 Å². The SMILES string of the molecule is c1ccc(N(c2ccc(-c3cccc4cccc(-c5cccc6ccccc56)c34)cc2)c2ccc(-c3ccc4ccccc4c3)c3ccccc23)cc1. The summed E-state index contributed by atoms with van der Waals surface area (Å²) in [4.78, 5) is 2.39. The van der Waals surface area contributed by atoms with Gasteiger partial charge in [-0.3, -0.25) is 0 Å². The average molecular weight is 674 g/mol.